The summed E-state index contributed by atoms with van der Waals surface area (Å²) in [6.45, 7) is 5.67. The minimum Gasteiger partial charge on any atom is -0.368 e. The summed E-state index contributed by atoms with van der Waals surface area (Å²) in [5.74, 6) is 0. The fourth-order valence-corrected chi connectivity index (χ4v) is 5.57. The van der Waals surface area contributed by atoms with Crippen LogP contribution < -0.4 is 5.32 Å². The van der Waals surface area contributed by atoms with Crippen LogP contribution in [0.4, 0.5) is 0 Å². The van der Waals surface area contributed by atoms with Crippen molar-refractivity contribution in [2.45, 2.75) is 44.1 Å². The molecule has 2 nitrogen and oxygen atoms in total. The van der Waals surface area contributed by atoms with Crippen molar-refractivity contribution in [3.63, 3.8) is 0 Å². The molecule has 1 aliphatic heterocycles. The van der Waals surface area contributed by atoms with Gasteiger partial charge in [0.15, 0.2) is 0 Å². The van der Waals surface area contributed by atoms with Gasteiger partial charge >= 0.3 is 0 Å². The zero-order chi connectivity index (χ0) is 9.03. The summed E-state index contributed by atoms with van der Waals surface area (Å²) in [7, 11) is 1.18. The average Bonchev–Trinajstić information content (AvgIpc) is 2.45. The maximum Gasteiger partial charge on any atom is 0.0985 e. The maximum absolute atomic E-state index is 5.56. The molecule has 72 valence electrons. The van der Waals surface area contributed by atoms with Gasteiger partial charge in [0.25, 0.3) is 0 Å². The molecule has 0 aromatic heterocycles. The lowest BCUT2D eigenvalue weighted by Crippen LogP contribution is -2.49. The third-order valence-electron chi connectivity index (χ3n) is 3.08. The Bertz CT molecular complexity index is 142. The van der Waals surface area contributed by atoms with E-state index in [9.17, 15) is 0 Å². The molecule has 3 heteroatoms. The van der Waals surface area contributed by atoms with Crippen molar-refractivity contribution < 1.29 is 4.74 Å². The van der Waals surface area contributed by atoms with Crippen LogP contribution >= 0.6 is 0 Å². The first-order chi connectivity index (χ1) is 5.73. The predicted molar refractivity (Wildman–Crippen MR) is 55.1 cm³/mol. The molecule has 2 atom stereocenters. The van der Waals surface area contributed by atoms with E-state index in [1.807, 2.05) is 7.11 Å². The second-order valence-corrected chi connectivity index (χ2v) is 7.52. The number of rotatable bonds is 4. The van der Waals surface area contributed by atoms with Gasteiger partial charge < -0.3 is 4.74 Å². The molecule has 0 spiro atoms. The van der Waals surface area contributed by atoms with Crippen LogP contribution in [-0.4, -0.2) is 27.8 Å². The number of unbranched alkanes of at least 4 members (excludes halogenated alkanes) is 1. The lowest BCUT2D eigenvalue weighted by atomic mass is 10.4. The SMILES string of the molecule is CCCC[SiH]1CCNC1(C)OC. The third kappa shape index (κ3) is 2.09. The number of hydrogen-bond donors (Lipinski definition) is 1. The van der Waals surface area contributed by atoms with E-state index in [4.69, 9.17) is 4.74 Å². The second kappa shape index (κ2) is 4.39. The van der Waals surface area contributed by atoms with Crippen LogP contribution in [0.3, 0.4) is 0 Å². The molecular weight excluding hydrogens is 166 g/mol. The van der Waals surface area contributed by atoms with Gasteiger partial charge in [-0.15, -0.1) is 0 Å². The zero-order valence-electron chi connectivity index (χ0n) is 8.52. The minimum atomic E-state index is -0.662. The summed E-state index contributed by atoms with van der Waals surface area (Å²) in [6, 6.07) is 2.85. The zero-order valence-corrected chi connectivity index (χ0v) is 9.68. The first-order valence-electron chi connectivity index (χ1n) is 5.03. The highest BCUT2D eigenvalue weighted by Crippen LogP contribution is 2.24. The fraction of sp³-hybridized carbons (Fsp3) is 1.00. The summed E-state index contributed by atoms with van der Waals surface area (Å²) in [5.41, 5.74) is 0. The number of hydrogen-bond acceptors (Lipinski definition) is 2. The van der Waals surface area contributed by atoms with Gasteiger partial charge in [-0.2, -0.15) is 0 Å². The van der Waals surface area contributed by atoms with Crippen molar-refractivity contribution in [2.24, 2.45) is 0 Å². The van der Waals surface area contributed by atoms with Crippen molar-refractivity contribution >= 4 is 8.80 Å². The van der Waals surface area contributed by atoms with Crippen molar-refractivity contribution in [1.29, 1.82) is 0 Å². The molecule has 2 unspecified atom stereocenters. The van der Waals surface area contributed by atoms with Crippen molar-refractivity contribution in [2.75, 3.05) is 13.7 Å². The van der Waals surface area contributed by atoms with Gasteiger partial charge in [0.05, 0.1) is 14.1 Å². The van der Waals surface area contributed by atoms with Crippen LogP contribution in [0.15, 0.2) is 0 Å². The fourth-order valence-electron chi connectivity index (χ4n) is 2.02. The molecule has 1 fully saturated rings. The third-order valence-corrected chi connectivity index (χ3v) is 7.17. The summed E-state index contributed by atoms with van der Waals surface area (Å²) < 4.78 is 5.56. The Morgan fingerprint density at radius 1 is 1.58 bits per heavy atom. The van der Waals surface area contributed by atoms with E-state index in [1.165, 1.54) is 31.5 Å². The molecule has 1 aliphatic rings. The normalized spacial score (nSPS) is 35.8. The van der Waals surface area contributed by atoms with E-state index >= 15 is 0 Å². The van der Waals surface area contributed by atoms with E-state index in [-0.39, 0.29) is 5.35 Å². The molecule has 0 radical (unpaired) electrons. The Morgan fingerprint density at radius 3 is 2.92 bits per heavy atom. The van der Waals surface area contributed by atoms with Crippen LogP contribution in [0.25, 0.3) is 0 Å². The van der Waals surface area contributed by atoms with Crippen molar-refractivity contribution in [3.05, 3.63) is 0 Å². The Labute approximate surface area is 77.3 Å². The highest BCUT2D eigenvalue weighted by atomic mass is 28.3. The quantitative estimate of drug-likeness (QED) is 0.674. The molecule has 0 aliphatic carbocycles. The number of methoxy groups -OCH3 is 1. The standard InChI is InChI=1S/C9H21NOSi/c1-4-5-7-12-8-6-10-9(12,2)11-3/h10,12H,4-8H2,1-3H3. The Morgan fingerprint density at radius 2 is 2.33 bits per heavy atom. The molecular formula is C9H21NOSi. The van der Waals surface area contributed by atoms with E-state index in [2.05, 4.69) is 19.2 Å². The smallest absolute Gasteiger partial charge is 0.0985 e. The van der Waals surface area contributed by atoms with Crippen LogP contribution in [-0.2, 0) is 4.74 Å². The van der Waals surface area contributed by atoms with E-state index < -0.39 is 8.80 Å². The molecule has 0 aromatic rings. The van der Waals surface area contributed by atoms with Gasteiger partial charge in [-0.3, -0.25) is 5.32 Å². The minimum absolute atomic E-state index is 0.0924. The summed E-state index contributed by atoms with van der Waals surface area (Å²) in [6.07, 6.45) is 2.71. The molecule has 1 rings (SSSR count). The first-order valence-corrected chi connectivity index (χ1v) is 7.24. The van der Waals surface area contributed by atoms with Crippen molar-refractivity contribution in [1.82, 2.24) is 5.32 Å². The topological polar surface area (TPSA) is 21.3 Å². The van der Waals surface area contributed by atoms with E-state index in [0.29, 0.717) is 0 Å². The molecule has 12 heavy (non-hydrogen) atoms. The van der Waals surface area contributed by atoms with Gasteiger partial charge in [0.2, 0.25) is 0 Å². The van der Waals surface area contributed by atoms with Gasteiger partial charge in [0.1, 0.15) is 0 Å². The van der Waals surface area contributed by atoms with Gasteiger partial charge in [-0.1, -0.05) is 25.8 Å². The highest BCUT2D eigenvalue weighted by Gasteiger charge is 2.38. The van der Waals surface area contributed by atoms with Gasteiger partial charge in [-0.05, 0) is 19.5 Å². The second-order valence-electron chi connectivity index (χ2n) is 3.87. The Kier molecular flexibility index (Phi) is 3.74. The lowest BCUT2D eigenvalue weighted by molar-refractivity contribution is 0.0529. The van der Waals surface area contributed by atoms with E-state index in [0.717, 1.165) is 0 Å². The molecule has 1 saturated heterocycles. The summed E-state index contributed by atoms with van der Waals surface area (Å²) in [4.78, 5) is 0. The van der Waals surface area contributed by atoms with Crippen LogP contribution in [0, 0.1) is 0 Å². The van der Waals surface area contributed by atoms with Crippen LogP contribution in [0.1, 0.15) is 26.7 Å². The molecule has 0 aromatic carbocycles. The lowest BCUT2D eigenvalue weighted by Gasteiger charge is -2.29. The van der Waals surface area contributed by atoms with Crippen LogP contribution in [0.2, 0.25) is 12.1 Å². The van der Waals surface area contributed by atoms with Crippen molar-refractivity contribution in [3.8, 4) is 0 Å². The Hall–Kier alpha value is 0.137. The van der Waals surface area contributed by atoms with Gasteiger partial charge in [-0.25, -0.2) is 0 Å². The van der Waals surface area contributed by atoms with Crippen LogP contribution in [0.5, 0.6) is 0 Å². The predicted octanol–water partition coefficient (Wildman–Crippen LogP) is 1.52. The maximum atomic E-state index is 5.56. The molecule has 0 saturated carbocycles. The highest BCUT2D eigenvalue weighted by molar-refractivity contribution is 6.62. The summed E-state index contributed by atoms with van der Waals surface area (Å²) >= 11 is 0. The molecule has 0 bridgehead atoms. The summed E-state index contributed by atoms with van der Waals surface area (Å²) in [5, 5.41) is 3.57. The molecule has 0 amide bonds. The number of ether oxygens (including phenoxy) is 1. The molecule has 1 N–H and O–H groups in total. The first kappa shape index (κ1) is 10.2. The largest absolute Gasteiger partial charge is 0.368 e. The van der Waals surface area contributed by atoms with Gasteiger partial charge in [0, 0.05) is 7.11 Å². The molecule has 1 heterocycles. The number of nitrogens with one attached hydrogen (secondary N) is 1. The van der Waals surface area contributed by atoms with E-state index in [1.54, 1.807) is 0 Å². The monoisotopic (exact) mass is 187 g/mol. The average molecular weight is 187 g/mol. The Balaban J connectivity index is 2.40.